The number of hydrogen-bond donors (Lipinski definition) is 1. The van der Waals surface area contributed by atoms with E-state index in [0.29, 0.717) is 6.54 Å². The van der Waals surface area contributed by atoms with Crippen molar-refractivity contribution in [3.05, 3.63) is 107 Å². The van der Waals surface area contributed by atoms with E-state index in [4.69, 9.17) is 5.11 Å². The Bertz CT molecular complexity index is 946. The Labute approximate surface area is 172 Å². The number of hydrogen-bond acceptors (Lipinski definition) is 2. The molecule has 0 radical (unpaired) electrons. The summed E-state index contributed by atoms with van der Waals surface area (Å²) in [6.45, 7) is 4.07. The van der Waals surface area contributed by atoms with Crippen molar-refractivity contribution in [3.63, 3.8) is 0 Å². The van der Waals surface area contributed by atoms with Crippen LogP contribution in [0.5, 0.6) is 0 Å². The SMILES string of the molecule is Cc1cccc(CN(CCC(=O)O)Cc2ccc(C=Cc3ccccc3)cc2)c1. The summed E-state index contributed by atoms with van der Waals surface area (Å²) in [6.07, 6.45) is 4.35. The van der Waals surface area contributed by atoms with Crippen LogP contribution in [0.25, 0.3) is 12.2 Å². The lowest BCUT2D eigenvalue weighted by molar-refractivity contribution is -0.137. The lowest BCUT2D eigenvalue weighted by atomic mass is 10.1. The average molecular weight is 386 g/mol. The Hall–Kier alpha value is -3.17. The summed E-state index contributed by atoms with van der Waals surface area (Å²) in [5.41, 5.74) is 5.93. The van der Waals surface area contributed by atoms with Gasteiger partial charge >= 0.3 is 5.97 Å². The Morgan fingerprint density at radius 1 is 0.828 bits per heavy atom. The second-order valence-electron chi connectivity index (χ2n) is 7.33. The Kier molecular flexibility index (Phi) is 7.37. The van der Waals surface area contributed by atoms with Crippen LogP contribution in [0.1, 0.15) is 34.2 Å². The second kappa shape index (κ2) is 10.4. The number of carboxylic acid groups (broad SMARTS) is 1. The fourth-order valence-corrected chi connectivity index (χ4v) is 3.29. The van der Waals surface area contributed by atoms with Gasteiger partial charge < -0.3 is 5.11 Å². The van der Waals surface area contributed by atoms with Gasteiger partial charge in [0.1, 0.15) is 0 Å². The molecule has 0 unspecified atom stereocenters. The molecule has 0 atom stereocenters. The highest BCUT2D eigenvalue weighted by atomic mass is 16.4. The molecule has 3 aromatic carbocycles. The van der Waals surface area contributed by atoms with Crippen molar-refractivity contribution in [2.45, 2.75) is 26.4 Å². The van der Waals surface area contributed by atoms with Gasteiger partial charge in [0, 0.05) is 19.6 Å². The van der Waals surface area contributed by atoms with E-state index in [1.807, 2.05) is 24.3 Å². The molecule has 0 bridgehead atoms. The van der Waals surface area contributed by atoms with Crippen LogP contribution in [-0.4, -0.2) is 22.5 Å². The fourth-order valence-electron chi connectivity index (χ4n) is 3.29. The minimum absolute atomic E-state index is 0.143. The Balaban J connectivity index is 1.66. The van der Waals surface area contributed by atoms with E-state index in [1.54, 1.807) is 0 Å². The first kappa shape index (κ1) is 20.6. The highest BCUT2D eigenvalue weighted by Crippen LogP contribution is 2.14. The molecule has 29 heavy (non-hydrogen) atoms. The van der Waals surface area contributed by atoms with Gasteiger partial charge in [0.15, 0.2) is 0 Å². The van der Waals surface area contributed by atoms with Gasteiger partial charge in [-0.05, 0) is 29.2 Å². The summed E-state index contributed by atoms with van der Waals surface area (Å²) in [5.74, 6) is -0.763. The van der Waals surface area contributed by atoms with Crippen molar-refractivity contribution in [2.75, 3.05) is 6.54 Å². The summed E-state index contributed by atoms with van der Waals surface area (Å²) < 4.78 is 0. The third kappa shape index (κ3) is 7.05. The van der Waals surface area contributed by atoms with Gasteiger partial charge in [0.25, 0.3) is 0 Å². The van der Waals surface area contributed by atoms with Crippen LogP contribution >= 0.6 is 0 Å². The van der Waals surface area contributed by atoms with Crippen molar-refractivity contribution in [1.82, 2.24) is 4.90 Å². The van der Waals surface area contributed by atoms with Crippen molar-refractivity contribution >= 4 is 18.1 Å². The third-order valence-corrected chi connectivity index (χ3v) is 4.78. The normalized spacial score (nSPS) is 11.2. The number of nitrogens with zero attached hydrogens (tertiary/aromatic N) is 1. The van der Waals surface area contributed by atoms with Crippen molar-refractivity contribution < 1.29 is 9.90 Å². The van der Waals surface area contributed by atoms with Crippen LogP contribution in [0, 0.1) is 6.92 Å². The van der Waals surface area contributed by atoms with Crippen molar-refractivity contribution in [3.8, 4) is 0 Å². The van der Waals surface area contributed by atoms with E-state index in [-0.39, 0.29) is 6.42 Å². The highest BCUT2D eigenvalue weighted by molar-refractivity contribution is 5.69. The molecule has 0 aromatic heterocycles. The molecule has 0 heterocycles. The molecule has 3 nitrogen and oxygen atoms in total. The van der Waals surface area contributed by atoms with Crippen molar-refractivity contribution in [1.29, 1.82) is 0 Å². The predicted molar refractivity (Wildman–Crippen MR) is 119 cm³/mol. The summed E-state index contributed by atoms with van der Waals surface area (Å²) in [5, 5.41) is 9.09. The molecule has 3 aromatic rings. The first-order chi connectivity index (χ1) is 14.1. The van der Waals surface area contributed by atoms with Crippen LogP contribution in [0.4, 0.5) is 0 Å². The number of aliphatic carboxylic acids is 1. The molecule has 0 aliphatic carbocycles. The molecule has 148 valence electrons. The molecule has 1 N–H and O–H groups in total. The zero-order valence-corrected chi connectivity index (χ0v) is 16.8. The molecule has 0 saturated heterocycles. The van der Waals surface area contributed by atoms with E-state index < -0.39 is 5.97 Å². The zero-order valence-electron chi connectivity index (χ0n) is 16.8. The van der Waals surface area contributed by atoms with Gasteiger partial charge in [-0.1, -0.05) is 96.6 Å². The topological polar surface area (TPSA) is 40.5 Å². The molecule has 0 aliphatic rings. The number of aryl methyl sites for hydroxylation is 1. The maximum absolute atomic E-state index is 11.1. The molecular formula is C26H27NO2. The van der Waals surface area contributed by atoms with E-state index in [0.717, 1.165) is 18.7 Å². The van der Waals surface area contributed by atoms with E-state index in [2.05, 4.69) is 78.6 Å². The molecule has 0 aliphatic heterocycles. The fraction of sp³-hybridized carbons (Fsp3) is 0.192. The predicted octanol–water partition coefficient (Wildman–Crippen LogP) is 5.64. The summed E-state index contributed by atoms with van der Waals surface area (Å²) in [4.78, 5) is 13.3. The first-order valence-corrected chi connectivity index (χ1v) is 9.90. The average Bonchev–Trinajstić information content (AvgIpc) is 2.72. The maximum Gasteiger partial charge on any atom is 0.304 e. The molecule has 0 saturated carbocycles. The number of benzene rings is 3. The standard InChI is InChI=1S/C26H27NO2/c1-21-6-5-9-25(18-21)20-27(17-16-26(28)29)19-24-14-12-23(13-15-24)11-10-22-7-3-2-4-8-22/h2-15,18H,16-17,19-20H2,1H3,(H,28,29). The van der Waals surface area contributed by atoms with Gasteiger partial charge in [-0.2, -0.15) is 0 Å². The van der Waals surface area contributed by atoms with Crippen LogP contribution in [0.2, 0.25) is 0 Å². The quantitative estimate of drug-likeness (QED) is 0.484. The van der Waals surface area contributed by atoms with E-state index in [1.165, 1.54) is 22.3 Å². The smallest absolute Gasteiger partial charge is 0.304 e. The molecule has 3 rings (SSSR count). The van der Waals surface area contributed by atoms with Crippen LogP contribution < -0.4 is 0 Å². The Morgan fingerprint density at radius 2 is 1.48 bits per heavy atom. The van der Waals surface area contributed by atoms with Crippen LogP contribution in [-0.2, 0) is 17.9 Å². The molecule has 0 fully saturated rings. The number of rotatable bonds is 9. The minimum atomic E-state index is -0.763. The lowest BCUT2D eigenvalue weighted by Gasteiger charge is -2.22. The molecular weight excluding hydrogens is 358 g/mol. The van der Waals surface area contributed by atoms with Crippen LogP contribution in [0.3, 0.4) is 0 Å². The zero-order chi connectivity index (χ0) is 20.5. The molecule has 0 spiro atoms. The number of carbonyl (C=O) groups is 1. The summed E-state index contributed by atoms with van der Waals surface area (Å²) in [6, 6.07) is 27.1. The monoisotopic (exact) mass is 385 g/mol. The molecule has 0 amide bonds. The van der Waals surface area contributed by atoms with Gasteiger partial charge in [-0.15, -0.1) is 0 Å². The van der Waals surface area contributed by atoms with Gasteiger partial charge in [-0.25, -0.2) is 0 Å². The van der Waals surface area contributed by atoms with Gasteiger partial charge in [-0.3, -0.25) is 9.69 Å². The lowest BCUT2D eigenvalue weighted by Crippen LogP contribution is -2.25. The van der Waals surface area contributed by atoms with Gasteiger partial charge in [0.2, 0.25) is 0 Å². The summed E-state index contributed by atoms with van der Waals surface area (Å²) in [7, 11) is 0. The third-order valence-electron chi connectivity index (χ3n) is 4.78. The number of carboxylic acids is 1. The molecule has 3 heteroatoms. The van der Waals surface area contributed by atoms with Gasteiger partial charge in [0.05, 0.1) is 6.42 Å². The Morgan fingerprint density at radius 3 is 2.14 bits per heavy atom. The minimum Gasteiger partial charge on any atom is -0.481 e. The summed E-state index contributed by atoms with van der Waals surface area (Å²) >= 11 is 0. The largest absolute Gasteiger partial charge is 0.481 e. The van der Waals surface area contributed by atoms with E-state index >= 15 is 0 Å². The van der Waals surface area contributed by atoms with Crippen molar-refractivity contribution in [2.24, 2.45) is 0 Å². The van der Waals surface area contributed by atoms with Crippen LogP contribution in [0.15, 0.2) is 78.9 Å². The van der Waals surface area contributed by atoms with E-state index in [9.17, 15) is 4.79 Å². The maximum atomic E-state index is 11.1. The highest BCUT2D eigenvalue weighted by Gasteiger charge is 2.10. The second-order valence-corrected chi connectivity index (χ2v) is 7.33. The first-order valence-electron chi connectivity index (χ1n) is 9.90.